The van der Waals surface area contributed by atoms with E-state index < -0.39 is 6.10 Å². The van der Waals surface area contributed by atoms with Gasteiger partial charge in [-0.2, -0.15) is 4.98 Å². The van der Waals surface area contributed by atoms with Crippen molar-refractivity contribution >= 4 is 22.6 Å². The minimum atomic E-state index is -0.572. The maximum atomic E-state index is 12.5. The Morgan fingerprint density at radius 1 is 1.31 bits per heavy atom. The van der Waals surface area contributed by atoms with Crippen molar-refractivity contribution in [1.82, 2.24) is 15.2 Å². The van der Waals surface area contributed by atoms with Crippen molar-refractivity contribution in [1.29, 1.82) is 0 Å². The summed E-state index contributed by atoms with van der Waals surface area (Å²) in [5.41, 5.74) is 0.934. The number of fused-ring (bicyclic) bond motifs is 1. The summed E-state index contributed by atoms with van der Waals surface area (Å²) in [5.74, 6) is 0.636. The molecule has 1 aromatic heterocycles. The van der Waals surface area contributed by atoms with Crippen LogP contribution in [-0.2, 0) is 14.3 Å². The number of nitrogens with zero attached hydrogens (tertiary/aromatic N) is 2. The number of carbonyl (C=O) groups excluding carboxylic acids is 1. The monoisotopic (exact) mass is 352 g/mol. The first-order chi connectivity index (χ1) is 12.8. The Kier molecular flexibility index (Phi) is 4.64. The average molecular weight is 352 g/mol. The first-order valence-electron chi connectivity index (χ1n) is 8.58. The molecule has 1 amide bonds. The van der Waals surface area contributed by atoms with Crippen molar-refractivity contribution in [2.24, 2.45) is 5.92 Å². The molecule has 2 unspecified atom stereocenters. The highest BCUT2D eigenvalue weighted by molar-refractivity contribution is 5.96. The summed E-state index contributed by atoms with van der Waals surface area (Å²) in [4.78, 5) is 16.9. The van der Waals surface area contributed by atoms with Crippen LogP contribution < -0.4 is 5.32 Å². The van der Waals surface area contributed by atoms with E-state index in [1.165, 1.54) is 7.11 Å². The van der Waals surface area contributed by atoms with Gasteiger partial charge in [0.25, 0.3) is 5.91 Å². The summed E-state index contributed by atoms with van der Waals surface area (Å²) >= 11 is 0. The van der Waals surface area contributed by atoms with E-state index in [-0.39, 0.29) is 17.8 Å². The summed E-state index contributed by atoms with van der Waals surface area (Å²) in [6.45, 7) is 1.19. The highest BCUT2D eigenvalue weighted by Crippen LogP contribution is 2.26. The lowest BCUT2D eigenvalue weighted by Crippen LogP contribution is -2.36. The number of hydrogen-bond acceptors (Lipinski definition) is 5. The van der Waals surface area contributed by atoms with Gasteiger partial charge in [-0.1, -0.05) is 42.5 Å². The number of amides is 1. The quantitative estimate of drug-likeness (QED) is 0.737. The Hall–Kier alpha value is -2.77. The highest BCUT2D eigenvalue weighted by Gasteiger charge is 2.32. The summed E-state index contributed by atoms with van der Waals surface area (Å²) in [6, 6.07) is 14.1. The predicted molar refractivity (Wildman–Crippen MR) is 97.7 cm³/mol. The zero-order valence-electron chi connectivity index (χ0n) is 14.4. The third kappa shape index (κ3) is 3.18. The highest BCUT2D eigenvalue weighted by atomic mass is 16.5. The molecule has 0 aliphatic carbocycles. The number of anilines is 1. The van der Waals surface area contributed by atoms with Gasteiger partial charge in [0.2, 0.25) is 5.95 Å². The van der Waals surface area contributed by atoms with Gasteiger partial charge < -0.3 is 9.47 Å². The number of aromatic amines is 1. The van der Waals surface area contributed by atoms with Crippen molar-refractivity contribution in [2.45, 2.75) is 12.5 Å². The minimum absolute atomic E-state index is 0.0523. The van der Waals surface area contributed by atoms with Crippen LogP contribution in [0.15, 0.2) is 42.5 Å². The predicted octanol–water partition coefficient (Wildman–Crippen LogP) is 2.61. The molecule has 2 atom stereocenters. The minimum Gasteiger partial charge on any atom is -0.381 e. The second-order valence-electron chi connectivity index (χ2n) is 6.30. The first-order valence-corrected chi connectivity index (χ1v) is 8.58. The van der Waals surface area contributed by atoms with Crippen LogP contribution >= 0.6 is 0 Å². The maximum absolute atomic E-state index is 12.5. The van der Waals surface area contributed by atoms with E-state index in [1.54, 1.807) is 0 Å². The smallest absolute Gasteiger partial charge is 0.256 e. The molecule has 7 nitrogen and oxygen atoms in total. The summed E-state index contributed by atoms with van der Waals surface area (Å²) in [7, 11) is 1.53. The van der Waals surface area contributed by atoms with Crippen LogP contribution in [0.25, 0.3) is 22.2 Å². The molecule has 0 bridgehead atoms. The van der Waals surface area contributed by atoms with E-state index in [9.17, 15) is 4.79 Å². The molecular weight excluding hydrogens is 332 g/mol. The van der Waals surface area contributed by atoms with Crippen LogP contribution in [0.3, 0.4) is 0 Å². The van der Waals surface area contributed by atoms with Crippen LogP contribution in [0.1, 0.15) is 6.42 Å². The molecule has 0 saturated carbocycles. The molecule has 7 heteroatoms. The Morgan fingerprint density at radius 2 is 2.15 bits per heavy atom. The Balaban J connectivity index is 1.55. The molecule has 4 rings (SSSR count). The van der Waals surface area contributed by atoms with Gasteiger partial charge in [-0.3, -0.25) is 15.2 Å². The molecule has 0 radical (unpaired) electrons. The normalized spacial score (nSPS) is 18.1. The molecule has 0 spiro atoms. The number of H-pyrrole nitrogens is 1. The Bertz CT molecular complexity index is 913. The maximum Gasteiger partial charge on any atom is 0.256 e. The lowest BCUT2D eigenvalue weighted by Gasteiger charge is -2.18. The fourth-order valence-electron chi connectivity index (χ4n) is 3.36. The SMILES string of the molecule is COC(C(=O)Nc1n[nH]c(-c2cccc3ccccc23)n1)C1CCOC1. The summed E-state index contributed by atoms with van der Waals surface area (Å²) in [6.07, 6.45) is 0.235. The Morgan fingerprint density at radius 3 is 2.96 bits per heavy atom. The summed E-state index contributed by atoms with van der Waals surface area (Å²) < 4.78 is 10.7. The fourth-order valence-corrected chi connectivity index (χ4v) is 3.36. The molecule has 2 N–H and O–H groups in total. The van der Waals surface area contributed by atoms with Gasteiger partial charge >= 0.3 is 0 Å². The van der Waals surface area contributed by atoms with E-state index in [0.29, 0.717) is 19.0 Å². The largest absolute Gasteiger partial charge is 0.381 e. The van der Waals surface area contributed by atoms with Gasteiger partial charge in [0, 0.05) is 25.2 Å². The van der Waals surface area contributed by atoms with Crippen molar-refractivity contribution in [3.63, 3.8) is 0 Å². The molecule has 2 aromatic carbocycles. The first kappa shape index (κ1) is 16.7. The second-order valence-corrected chi connectivity index (χ2v) is 6.30. The van der Waals surface area contributed by atoms with Gasteiger partial charge in [-0.15, -0.1) is 5.10 Å². The number of carbonyl (C=O) groups is 1. The van der Waals surface area contributed by atoms with Crippen LogP contribution in [0.5, 0.6) is 0 Å². The molecule has 1 saturated heterocycles. The molecule has 134 valence electrons. The molecule has 1 aliphatic rings. The molecule has 3 aromatic rings. The van der Waals surface area contributed by atoms with Gasteiger partial charge in [0.1, 0.15) is 6.10 Å². The fraction of sp³-hybridized carbons (Fsp3) is 0.316. The number of benzene rings is 2. The van der Waals surface area contributed by atoms with Crippen LogP contribution in [0, 0.1) is 5.92 Å². The van der Waals surface area contributed by atoms with Gasteiger partial charge in [-0.05, 0) is 17.2 Å². The van der Waals surface area contributed by atoms with Crippen molar-refractivity contribution in [3.05, 3.63) is 42.5 Å². The number of ether oxygens (including phenoxy) is 2. The van der Waals surface area contributed by atoms with Crippen LogP contribution in [0.2, 0.25) is 0 Å². The van der Waals surface area contributed by atoms with Gasteiger partial charge in [-0.25, -0.2) is 0 Å². The zero-order chi connectivity index (χ0) is 17.9. The molecular formula is C19H20N4O3. The van der Waals surface area contributed by atoms with E-state index in [0.717, 1.165) is 22.8 Å². The van der Waals surface area contributed by atoms with E-state index in [1.807, 2.05) is 42.5 Å². The number of hydrogen-bond donors (Lipinski definition) is 2. The van der Waals surface area contributed by atoms with E-state index in [4.69, 9.17) is 9.47 Å². The molecule has 2 heterocycles. The van der Waals surface area contributed by atoms with Crippen molar-refractivity contribution in [2.75, 3.05) is 25.6 Å². The number of methoxy groups -OCH3 is 1. The molecule has 1 aliphatic heterocycles. The van der Waals surface area contributed by atoms with E-state index in [2.05, 4.69) is 20.5 Å². The summed E-state index contributed by atoms with van der Waals surface area (Å²) in [5, 5.41) is 12.0. The standard InChI is InChI=1S/C19H20N4O3/c1-25-16(13-9-10-26-11-13)18(24)21-19-20-17(22-23-19)15-8-4-6-12-5-2-3-7-14(12)15/h2-8,13,16H,9-11H2,1H3,(H2,20,21,22,23,24). The zero-order valence-corrected chi connectivity index (χ0v) is 14.4. The van der Waals surface area contributed by atoms with Crippen molar-refractivity contribution in [3.8, 4) is 11.4 Å². The third-order valence-electron chi connectivity index (χ3n) is 4.67. The van der Waals surface area contributed by atoms with E-state index >= 15 is 0 Å². The Labute approximate surface area is 150 Å². The van der Waals surface area contributed by atoms with Crippen LogP contribution in [0.4, 0.5) is 5.95 Å². The average Bonchev–Trinajstić information content (AvgIpc) is 3.34. The van der Waals surface area contributed by atoms with Gasteiger partial charge in [0.15, 0.2) is 5.82 Å². The van der Waals surface area contributed by atoms with Crippen LogP contribution in [-0.4, -0.2) is 47.5 Å². The number of rotatable bonds is 5. The molecule has 1 fully saturated rings. The third-order valence-corrected chi connectivity index (χ3v) is 4.67. The lowest BCUT2D eigenvalue weighted by molar-refractivity contribution is -0.128. The molecule has 26 heavy (non-hydrogen) atoms. The number of aromatic nitrogens is 3. The lowest BCUT2D eigenvalue weighted by atomic mass is 10.0. The van der Waals surface area contributed by atoms with Gasteiger partial charge in [0.05, 0.1) is 6.61 Å². The van der Waals surface area contributed by atoms with Crippen molar-refractivity contribution < 1.29 is 14.3 Å². The number of nitrogens with one attached hydrogen (secondary N) is 2. The second kappa shape index (κ2) is 7.23. The topological polar surface area (TPSA) is 89.1 Å².